The van der Waals surface area contributed by atoms with Crippen LogP contribution >= 0.6 is 11.6 Å². The first kappa shape index (κ1) is 26.2. The zero-order valence-corrected chi connectivity index (χ0v) is 20.2. The number of hydrogen-bond donors (Lipinski definition) is 1. The minimum Gasteiger partial charge on any atom is -0.493 e. The quantitative estimate of drug-likeness (QED) is 0.286. The molecular formula is C24H25ClF4N4O3. The lowest BCUT2D eigenvalue weighted by Crippen LogP contribution is -2.44. The first-order valence-electron chi connectivity index (χ1n) is 11.3. The highest BCUT2D eigenvalue weighted by Crippen LogP contribution is 2.35. The number of benzene rings is 2. The maximum Gasteiger partial charge on any atom is 0.391 e. The summed E-state index contributed by atoms with van der Waals surface area (Å²) in [4.78, 5) is 10.5. The highest BCUT2D eigenvalue weighted by atomic mass is 35.5. The third-order valence-corrected chi connectivity index (χ3v) is 5.95. The van der Waals surface area contributed by atoms with E-state index in [0.717, 1.165) is 0 Å². The van der Waals surface area contributed by atoms with Crippen LogP contribution in [0.2, 0.25) is 5.02 Å². The third kappa shape index (κ3) is 6.86. The van der Waals surface area contributed by atoms with Crippen molar-refractivity contribution < 1.29 is 31.8 Å². The van der Waals surface area contributed by atoms with Gasteiger partial charge in [-0.2, -0.15) is 13.2 Å². The van der Waals surface area contributed by atoms with Gasteiger partial charge in [-0.3, -0.25) is 4.90 Å². The summed E-state index contributed by atoms with van der Waals surface area (Å²) >= 11 is 5.88. The van der Waals surface area contributed by atoms with Crippen molar-refractivity contribution in [2.24, 2.45) is 0 Å². The molecule has 1 atom stereocenters. The van der Waals surface area contributed by atoms with Crippen molar-refractivity contribution >= 4 is 34.0 Å². The SMILES string of the molecule is COc1cc2ncnc(Nc3ccc(F)c(Cl)c3)c2cc1OCCCN1CCO[C@H](CC(F)(F)F)C1. The van der Waals surface area contributed by atoms with Gasteiger partial charge in [-0.15, -0.1) is 0 Å². The van der Waals surface area contributed by atoms with Crippen LogP contribution in [0.4, 0.5) is 29.1 Å². The molecule has 0 bridgehead atoms. The Morgan fingerprint density at radius 1 is 1.19 bits per heavy atom. The number of nitrogens with one attached hydrogen (secondary N) is 1. The van der Waals surface area contributed by atoms with E-state index < -0.39 is 24.5 Å². The van der Waals surface area contributed by atoms with Gasteiger partial charge in [0.15, 0.2) is 11.5 Å². The third-order valence-electron chi connectivity index (χ3n) is 5.66. The highest BCUT2D eigenvalue weighted by molar-refractivity contribution is 6.31. The Morgan fingerprint density at radius 3 is 2.78 bits per heavy atom. The molecule has 0 spiro atoms. The molecule has 12 heteroatoms. The summed E-state index contributed by atoms with van der Waals surface area (Å²) in [7, 11) is 1.52. The van der Waals surface area contributed by atoms with E-state index in [0.29, 0.717) is 60.0 Å². The molecule has 2 heterocycles. The molecule has 2 aromatic carbocycles. The Kier molecular flexibility index (Phi) is 8.32. The van der Waals surface area contributed by atoms with Gasteiger partial charge in [0.2, 0.25) is 0 Å². The second kappa shape index (κ2) is 11.4. The summed E-state index contributed by atoms with van der Waals surface area (Å²) in [6, 6.07) is 7.72. The molecule has 1 N–H and O–H groups in total. The summed E-state index contributed by atoms with van der Waals surface area (Å²) in [6.45, 7) is 1.99. The van der Waals surface area contributed by atoms with E-state index in [4.69, 9.17) is 25.8 Å². The first-order chi connectivity index (χ1) is 17.2. The molecule has 1 aliphatic heterocycles. The number of anilines is 2. The Bertz CT molecular complexity index is 1200. The van der Waals surface area contributed by atoms with Crippen molar-refractivity contribution in [3.63, 3.8) is 0 Å². The maximum absolute atomic E-state index is 13.5. The fraction of sp³-hybridized carbons (Fsp3) is 0.417. The van der Waals surface area contributed by atoms with Gasteiger partial charge in [-0.25, -0.2) is 14.4 Å². The zero-order chi connectivity index (χ0) is 25.7. The topological polar surface area (TPSA) is 68.7 Å². The Balaban J connectivity index is 1.41. The fourth-order valence-corrected chi connectivity index (χ4v) is 4.16. The predicted octanol–water partition coefficient (Wildman–Crippen LogP) is 5.60. The van der Waals surface area contributed by atoms with Crippen molar-refractivity contribution in [2.45, 2.75) is 25.1 Å². The number of aromatic nitrogens is 2. The van der Waals surface area contributed by atoms with Crippen LogP contribution in [0.25, 0.3) is 10.9 Å². The standard InChI is InChI=1S/C24H25ClF4N4O3/c1-34-21-11-20-17(23(31-14-30-20)32-15-3-4-19(26)18(25)9-15)10-22(21)36-7-2-5-33-6-8-35-16(13-33)12-24(27,28)29/h3-4,9-11,14,16H,2,5-8,12-13H2,1H3,(H,30,31,32)/t16-/m1/s1. The van der Waals surface area contributed by atoms with E-state index in [1.165, 1.54) is 25.6 Å². The molecule has 1 aliphatic rings. The van der Waals surface area contributed by atoms with E-state index in [1.807, 2.05) is 4.90 Å². The Morgan fingerprint density at radius 2 is 2.03 bits per heavy atom. The van der Waals surface area contributed by atoms with Crippen LogP contribution in [0.1, 0.15) is 12.8 Å². The number of fused-ring (bicyclic) bond motifs is 1. The smallest absolute Gasteiger partial charge is 0.391 e. The molecule has 4 rings (SSSR count). The molecule has 1 aromatic heterocycles. The molecule has 194 valence electrons. The van der Waals surface area contributed by atoms with Crippen LogP contribution < -0.4 is 14.8 Å². The van der Waals surface area contributed by atoms with Gasteiger partial charge >= 0.3 is 6.18 Å². The van der Waals surface area contributed by atoms with Gasteiger partial charge in [0.25, 0.3) is 0 Å². The molecule has 3 aromatic rings. The molecular weight excluding hydrogens is 504 g/mol. The second-order valence-electron chi connectivity index (χ2n) is 8.31. The molecule has 0 amide bonds. The van der Waals surface area contributed by atoms with Gasteiger partial charge in [-0.05, 0) is 30.7 Å². The molecule has 7 nitrogen and oxygen atoms in total. The average molecular weight is 529 g/mol. The number of alkyl halides is 3. The van der Waals surface area contributed by atoms with Crippen LogP contribution in [-0.4, -0.2) is 67.1 Å². The van der Waals surface area contributed by atoms with Crippen molar-refractivity contribution in [1.29, 1.82) is 0 Å². The van der Waals surface area contributed by atoms with E-state index >= 15 is 0 Å². The van der Waals surface area contributed by atoms with Gasteiger partial charge in [0.05, 0.1) is 43.4 Å². The lowest BCUT2D eigenvalue weighted by Gasteiger charge is -2.33. The van der Waals surface area contributed by atoms with E-state index in [1.54, 1.807) is 18.2 Å². The number of halogens is 5. The highest BCUT2D eigenvalue weighted by Gasteiger charge is 2.34. The number of nitrogens with zero attached hydrogens (tertiary/aromatic N) is 3. The molecule has 0 unspecified atom stereocenters. The summed E-state index contributed by atoms with van der Waals surface area (Å²) in [5.74, 6) is 0.896. The van der Waals surface area contributed by atoms with E-state index in [-0.39, 0.29) is 18.2 Å². The van der Waals surface area contributed by atoms with Crippen molar-refractivity contribution in [1.82, 2.24) is 14.9 Å². The normalized spacial score (nSPS) is 16.8. The molecule has 1 fully saturated rings. The number of morpholine rings is 1. The van der Waals surface area contributed by atoms with Crippen LogP contribution in [0, 0.1) is 5.82 Å². The summed E-state index contributed by atoms with van der Waals surface area (Å²) in [5, 5.41) is 3.74. The molecule has 1 saturated heterocycles. The van der Waals surface area contributed by atoms with Crippen LogP contribution in [0.5, 0.6) is 11.5 Å². The van der Waals surface area contributed by atoms with Gasteiger partial charge in [0, 0.05) is 36.8 Å². The van der Waals surface area contributed by atoms with Gasteiger partial charge in [-0.1, -0.05) is 11.6 Å². The first-order valence-corrected chi connectivity index (χ1v) is 11.7. The molecule has 0 aliphatic carbocycles. The minimum absolute atomic E-state index is 0.0194. The van der Waals surface area contributed by atoms with E-state index in [2.05, 4.69) is 15.3 Å². The van der Waals surface area contributed by atoms with Gasteiger partial charge in [0.1, 0.15) is 18.0 Å². The summed E-state index contributed by atoms with van der Waals surface area (Å²) < 4.78 is 68.1. The largest absolute Gasteiger partial charge is 0.493 e. The summed E-state index contributed by atoms with van der Waals surface area (Å²) in [6.07, 6.45) is -4.04. The van der Waals surface area contributed by atoms with Crippen molar-refractivity contribution in [3.8, 4) is 11.5 Å². The summed E-state index contributed by atoms with van der Waals surface area (Å²) in [5.41, 5.74) is 1.16. The van der Waals surface area contributed by atoms with Crippen molar-refractivity contribution in [3.05, 3.63) is 47.5 Å². The molecule has 0 saturated carbocycles. The van der Waals surface area contributed by atoms with Gasteiger partial charge < -0.3 is 19.5 Å². The van der Waals surface area contributed by atoms with Crippen LogP contribution in [-0.2, 0) is 4.74 Å². The Labute approximate surface area is 210 Å². The number of hydrogen-bond acceptors (Lipinski definition) is 7. The molecule has 36 heavy (non-hydrogen) atoms. The maximum atomic E-state index is 13.5. The second-order valence-corrected chi connectivity index (χ2v) is 8.72. The zero-order valence-electron chi connectivity index (χ0n) is 19.4. The number of methoxy groups -OCH3 is 1. The number of ether oxygens (including phenoxy) is 3. The fourth-order valence-electron chi connectivity index (χ4n) is 3.98. The predicted molar refractivity (Wildman–Crippen MR) is 128 cm³/mol. The average Bonchev–Trinajstić information content (AvgIpc) is 2.83. The van der Waals surface area contributed by atoms with Crippen LogP contribution in [0.3, 0.4) is 0 Å². The van der Waals surface area contributed by atoms with E-state index in [9.17, 15) is 17.6 Å². The lowest BCUT2D eigenvalue weighted by atomic mass is 10.2. The number of rotatable bonds is 9. The minimum atomic E-state index is -4.25. The lowest BCUT2D eigenvalue weighted by molar-refractivity contribution is -0.170. The van der Waals surface area contributed by atoms with Crippen LogP contribution in [0.15, 0.2) is 36.7 Å². The molecule has 0 radical (unpaired) electrons. The Hall–Kier alpha value is -2.89. The monoisotopic (exact) mass is 528 g/mol. The van der Waals surface area contributed by atoms with Crippen molar-refractivity contribution in [2.75, 3.05) is 45.3 Å².